The SMILES string of the molecule is CC(=O)C(CC(C)=C(C)C)S(=O)(=O)c1ccccc1. The van der Waals surface area contributed by atoms with E-state index in [1.54, 1.807) is 18.2 Å². The molecule has 104 valence electrons. The molecule has 0 fully saturated rings. The third-order valence-electron chi connectivity index (χ3n) is 3.24. The Bertz CT molecular complexity index is 579. The molecule has 0 aliphatic heterocycles. The van der Waals surface area contributed by atoms with Gasteiger partial charge in [0, 0.05) is 0 Å². The number of carbonyl (C=O) groups excluding carboxylic acids is 1. The highest BCUT2D eigenvalue weighted by atomic mass is 32.2. The first kappa shape index (κ1) is 15.6. The molecule has 0 radical (unpaired) electrons. The van der Waals surface area contributed by atoms with Gasteiger partial charge in [-0.3, -0.25) is 4.79 Å². The molecule has 1 unspecified atom stereocenters. The second-order valence-electron chi connectivity index (χ2n) is 4.94. The Labute approximate surface area is 115 Å². The van der Waals surface area contributed by atoms with Gasteiger partial charge >= 0.3 is 0 Å². The van der Waals surface area contributed by atoms with Crippen molar-refractivity contribution in [3.05, 3.63) is 41.5 Å². The summed E-state index contributed by atoms with van der Waals surface area (Å²) in [4.78, 5) is 11.9. The molecular weight excluding hydrogens is 260 g/mol. The zero-order valence-electron chi connectivity index (χ0n) is 11.8. The van der Waals surface area contributed by atoms with Crippen molar-refractivity contribution in [1.29, 1.82) is 0 Å². The number of hydrogen-bond donors (Lipinski definition) is 0. The van der Waals surface area contributed by atoms with E-state index in [2.05, 4.69) is 0 Å². The lowest BCUT2D eigenvalue weighted by molar-refractivity contribution is -0.116. The second-order valence-corrected chi connectivity index (χ2v) is 7.07. The van der Waals surface area contributed by atoms with E-state index in [0.29, 0.717) is 0 Å². The molecule has 3 nitrogen and oxygen atoms in total. The molecule has 19 heavy (non-hydrogen) atoms. The van der Waals surface area contributed by atoms with E-state index in [1.807, 2.05) is 20.8 Å². The number of Topliss-reactive ketones (excluding diaryl/α,β-unsaturated/α-hetero) is 1. The third kappa shape index (κ3) is 3.77. The summed E-state index contributed by atoms with van der Waals surface area (Å²) in [6, 6.07) is 8.14. The molecule has 1 rings (SSSR count). The van der Waals surface area contributed by atoms with E-state index < -0.39 is 15.1 Å². The minimum absolute atomic E-state index is 0.205. The van der Waals surface area contributed by atoms with Crippen LogP contribution in [-0.4, -0.2) is 19.5 Å². The highest BCUT2D eigenvalue weighted by Gasteiger charge is 2.31. The van der Waals surface area contributed by atoms with Crippen LogP contribution >= 0.6 is 0 Å². The van der Waals surface area contributed by atoms with E-state index in [4.69, 9.17) is 0 Å². The zero-order chi connectivity index (χ0) is 14.6. The highest BCUT2D eigenvalue weighted by molar-refractivity contribution is 7.92. The van der Waals surface area contributed by atoms with Crippen molar-refractivity contribution >= 4 is 15.6 Å². The Morgan fingerprint density at radius 3 is 2.00 bits per heavy atom. The van der Waals surface area contributed by atoms with Crippen LogP contribution in [0.3, 0.4) is 0 Å². The summed E-state index contributed by atoms with van der Waals surface area (Å²) < 4.78 is 25.0. The third-order valence-corrected chi connectivity index (χ3v) is 5.42. The molecule has 0 heterocycles. The normalized spacial score (nSPS) is 12.8. The fourth-order valence-electron chi connectivity index (χ4n) is 1.73. The summed E-state index contributed by atoms with van der Waals surface area (Å²) in [6.45, 7) is 7.04. The maximum absolute atomic E-state index is 12.5. The van der Waals surface area contributed by atoms with Crippen molar-refractivity contribution in [2.24, 2.45) is 0 Å². The predicted octanol–water partition coefficient (Wildman–Crippen LogP) is 3.16. The summed E-state index contributed by atoms with van der Waals surface area (Å²) >= 11 is 0. The molecule has 1 aromatic rings. The van der Waals surface area contributed by atoms with E-state index in [1.165, 1.54) is 19.1 Å². The van der Waals surface area contributed by atoms with Crippen molar-refractivity contribution in [2.75, 3.05) is 0 Å². The van der Waals surface area contributed by atoms with Crippen LogP contribution in [0, 0.1) is 0 Å². The fourth-order valence-corrected chi connectivity index (χ4v) is 3.50. The summed E-state index contributed by atoms with van der Waals surface area (Å²) in [5.41, 5.74) is 1.99. The van der Waals surface area contributed by atoms with Crippen LogP contribution in [0.5, 0.6) is 0 Å². The summed E-state index contributed by atoms with van der Waals surface area (Å²) in [5, 5.41) is -0.996. The number of carbonyl (C=O) groups is 1. The molecule has 0 saturated carbocycles. The van der Waals surface area contributed by atoms with Crippen molar-refractivity contribution < 1.29 is 13.2 Å². The first-order valence-electron chi connectivity index (χ1n) is 6.19. The van der Waals surface area contributed by atoms with Gasteiger partial charge in [0.25, 0.3) is 0 Å². The molecule has 0 amide bonds. The van der Waals surface area contributed by atoms with Gasteiger partial charge in [-0.15, -0.1) is 0 Å². The quantitative estimate of drug-likeness (QED) is 0.778. The standard InChI is InChI=1S/C15H20O3S/c1-11(2)12(3)10-15(13(4)16)19(17,18)14-8-6-5-7-9-14/h5-9,15H,10H2,1-4H3. The summed E-state index contributed by atoms with van der Waals surface area (Å²) in [5.74, 6) is -0.315. The van der Waals surface area contributed by atoms with E-state index >= 15 is 0 Å². The monoisotopic (exact) mass is 280 g/mol. The van der Waals surface area contributed by atoms with Gasteiger partial charge in [-0.05, 0) is 46.2 Å². The van der Waals surface area contributed by atoms with Gasteiger partial charge in [-0.1, -0.05) is 29.3 Å². The van der Waals surface area contributed by atoms with Crippen LogP contribution in [0.1, 0.15) is 34.1 Å². The average molecular weight is 280 g/mol. The van der Waals surface area contributed by atoms with Crippen molar-refractivity contribution in [3.63, 3.8) is 0 Å². The molecule has 0 spiro atoms. The largest absolute Gasteiger partial charge is 0.299 e. The van der Waals surface area contributed by atoms with Crippen LogP contribution in [0.2, 0.25) is 0 Å². The molecule has 0 aliphatic rings. The van der Waals surface area contributed by atoms with Gasteiger partial charge in [0.05, 0.1) is 4.90 Å². The van der Waals surface area contributed by atoms with Gasteiger partial charge in [0.1, 0.15) is 11.0 Å². The van der Waals surface area contributed by atoms with Crippen LogP contribution in [0.15, 0.2) is 46.4 Å². The minimum Gasteiger partial charge on any atom is -0.299 e. The predicted molar refractivity (Wildman–Crippen MR) is 76.8 cm³/mol. The van der Waals surface area contributed by atoms with Crippen molar-refractivity contribution in [3.8, 4) is 0 Å². The number of sulfone groups is 1. The number of ketones is 1. The van der Waals surface area contributed by atoms with Crippen LogP contribution < -0.4 is 0 Å². The maximum Gasteiger partial charge on any atom is 0.188 e. The molecule has 0 N–H and O–H groups in total. The van der Waals surface area contributed by atoms with E-state index in [-0.39, 0.29) is 17.1 Å². The lowest BCUT2D eigenvalue weighted by Crippen LogP contribution is -2.29. The Balaban J connectivity index is 3.21. The van der Waals surface area contributed by atoms with Crippen molar-refractivity contribution in [2.45, 2.75) is 44.3 Å². The Morgan fingerprint density at radius 2 is 1.58 bits per heavy atom. The number of allylic oxidation sites excluding steroid dienone is 2. The van der Waals surface area contributed by atoms with Gasteiger partial charge in [-0.2, -0.15) is 0 Å². The lowest BCUT2D eigenvalue weighted by atomic mass is 10.1. The fraction of sp³-hybridized carbons (Fsp3) is 0.400. The molecule has 1 atom stereocenters. The summed E-state index contributed by atoms with van der Waals surface area (Å²) in [6.07, 6.45) is 0.259. The van der Waals surface area contributed by atoms with Crippen LogP contribution in [-0.2, 0) is 14.6 Å². The van der Waals surface area contributed by atoms with E-state index in [9.17, 15) is 13.2 Å². The molecule has 4 heteroatoms. The average Bonchev–Trinajstić information content (AvgIpc) is 2.35. The molecule has 0 saturated heterocycles. The summed E-state index contributed by atoms with van der Waals surface area (Å²) in [7, 11) is -3.61. The Kier molecular flexibility index (Phi) is 5.06. The van der Waals surface area contributed by atoms with Crippen LogP contribution in [0.4, 0.5) is 0 Å². The Morgan fingerprint density at radius 1 is 1.05 bits per heavy atom. The van der Waals surface area contributed by atoms with Gasteiger partial charge < -0.3 is 0 Å². The molecular formula is C15H20O3S. The van der Waals surface area contributed by atoms with Crippen molar-refractivity contribution in [1.82, 2.24) is 0 Å². The van der Waals surface area contributed by atoms with Crippen LogP contribution in [0.25, 0.3) is 0 Å². The second kappa shape index (κ2) is 6.15. The molecule has 1 aromatic carbocycles. The highest BCUT2D eigenvalue weighted by Crippen LogP contribution is 2.23. The molecule has 0 aliphatic carbocycles. The smallest absolute Gasteiger partial charge is 0.188 e. The Hall–Kier alpha value is -1.42. The number of hydrogen-bond acceptors (Lipinski definition) is 3. The number of rotatable bonds is 5. The topological polar surface area (TPSA) is 51.2 Å². The molecule has 0 bridgehead atoms. The first-order chi connectivity index (χ1) is 8.76. The first-order valence-corrected chi connectivity index (χ1v) is 7.73. The van der Waals surface area contributed by atoms with Gasteiger partial charge in [-0.25, -0.2) is 8.42 Å². The minimum atomic E-state index is -3.61. The maximum atomic E-state index is 12.5. The lowest BCUT2D eigenvalue weighted by Gasteiger charge is -2.16. The zero-order valence-corrected chi connectivity index (χ0v) is 12.6. The number of benzene rings is 1. The van der Waals surface area contributed by atoms with Gasteiger partial charge in [0.2, 0.25) is 0 Å². The van der Waals surface area contributed by atoms with Gasteiger partial charge in [0.15, 0.2) is 9.84 Å². The van der Waals surface area contributed by atoms with E-state index in [0.717, 1.165) is 11.1 Å². The molecule has 0 aromatic heterocycles.